The third-order valence-electron chi connectivity index (χ3n) is 3.17. The van der Waals surface area contributed by atoms with Crippen molar-refractivity contribution in [2.24, 2.45) is 0 Å². The molecule has 4 N–H and O–H groups in total. The summed E-state index contributed by atoms with van der Waals surface area (Å²) in [6.45, 7) is 0.307. The van der Waals surface area contributed by atoms with Crippen molar-refractivity contribution in [1.82, 2.24) is 19.7 Å². The van der Waals surface area contributed by atoms with Gasteiger partial charge < -0.3 is 15.0 Å². The predicted molar refractivity (Wildman–Crippen MR) is 78.6 cm³/mol. The van der Waals surface area contributed by atoms with Gasteiger partial charge in [-0.05, 0) is 36.2 Å². The standard InChI is InChI=1S/C13H14N4O3S/c18-13-16-11-2-1-10(7-12(11)17-13)21(19,20)15-6-4-9-3-5-14-8-9/h1-3,5,7-8,14-15H,4,6H2,(H2,16,17,18). The van der Waals surface area contributed by atoms with Crippen LogP contribution in [0.15, 0.2) is 46.3 Å². The SMILES string of the molecule is O=c1[nH]c2ccc(S(=O)(=O)NCCc3cc[nH]c3)cc2[nH]1. The highest BCUT2D eigenvalue weighted by Crippen LogP contribution is 2.14. The Labute approximate surface area is 120 Å². The van der Waals surface area contributed by atoms with Gasteiger partial charge in [0.2, 0.25) is 10.0 Å². The lowest BCUT2D eigenvalue weighted by Crippen LogP contribution is -2.25. The number of hydrogen-bond acceptors (Lipinski definition) is 3. The first-order chi connectivity index (χ1) is 10.0. The van der Waals surface area contributed by atoms with Gasteiger partial charge in [-0.1, -0.05) is 0 Å². The van der Waals surface area contributed by atoms with Crippen molar-refractivity contribution < 1.29 is 8.42 Å². The van der Waals surface area contributed by atoms with Gasteiger partial charge in [-0.3, -0.25) is 0 Å². The average Bonchev–Trinajstić information content (AvgIpc) is 3.05. The number of benzene rings is 1. The van der Waals surface area contributed by atoms with E-state index in [4.69, 9.17) is 0 Å². The Kier molecular flexibility index (Phi) is 3.40. The molecule has 0 aliphatic carbocycles. The van der Waals surface area contributed by atoms with Gasteiger partial charge in [-0.15, -0.1) is 0 Å². The Morgan fingerprint density at radius 1 is 1.10 bits per heavy atom. The van der Waals surface area contributed by atoms with E-state index in [9.17, 15) is 13.2 Å². The average molecular weight is 306 g/mol. The summed E-state index contributed by atoms with van der Waals surface area (Å²) >= 11 is 0. The molecule has 0 bridgehead atoms. The van der Waals surface area contributed by atoms with Gasteiger partial charge in [0, 0.05) is 18.9 Å². The zero-order valence-corrected chi connectivity index (χ0v) is 11.8. The molecule has 0 spiro atoms. The van der Waals surface area contributed by atoms with Crippen molar-refractivity contribution in [2.75, 3.05) is 6.54 Å². The van der Waals surface area contributed by atoms with E-state index in [0.29, 0.717) is 24.0 Å². The van der Waals surface area contributed by atoms with Crippen LogP contribution in [0.25, 0.3) is 11.0 Å². The van der Waals surface area contributed by atoms with Crippen LogP contribution < -0.4 is 10.4 Å². The van der Waals surface area contributed by atoms with Crippen LogP contribution in [0.4, 0.5) is 0 Å². The van der Waals surface area contributed by atoms with E-state index in [2.05, 4.69) is 19.7 Å². The Morgan fingerprint density at radius 2 is 1.90 bits per heavy atom. The van der Waals surface area contributed by atoms with E-state index in [1.807, 2.05) is 12.3 Å². The molecule has 21 heavy (non-hydrogen) atoms. The van der Waals surface area contributed by atoms with Gasteiger partial charge in [-0.2, -0.15) is 0 Å². The quantitative estimate of drug-likeness (QED) is 0.557. The first-order valence-electron chi connectivity index (χ1n) is 6.38. The molecule has 0 aliphatic rings. The molecule has 7 nitrogen and oxygen atoms in total. The number of fused-ring (bicyclic) bond motifs is 1. The number of aromatic nitrogens is 3. The Bertz CT molecular complexity index is 906. The summed E-state index contributed by atoms with van der Waals surface area (Å²) in [6, 6.07) is 6.36. The highest BCUT2D eigenvalue weighted by molar-refractivity contribution is 7.89. The molecule has 0 radical (unpaired) electrons. The smallest absolute Gasteiger partial charge is 0.323 e. The molecule has 3 rings (SSSR count). The van der Waals surface area contributed by atoms with Crippen LogP contribution in [0.2, 0.25) is 0 Å². The van der Waals surface area contributed by atoms with Crippen molar-refractivity contribution in [1.29, 1.82) is 0 Å². The van der Waals surface area contributed by atoms with Crippen LogP contribution >= 0.6 is 0 Å². The van der Waals surface area contributed by atoms with Crippen LogP contribution in [0.1, 0.15) is 5.56 Å². The summed E-state index contributed by atoms with van der Waals surface area (Å²) in [4.78, 5) is 19.3. The maximum absolute atomic E-state index is 12.2. The molecular weight excluding hydrogens is 292 g/mol. The van der Waals surface area contributed by atoms with Crippen molar-refractivity contribution in [3.63, 3.8) is 0 Å². The molecule has 2 aromatic heterocycles. The lowest BCUT2D eigenvalue weighted by molar-refractivity contribution is 0.582. The second kappa shape index (κ2) is 5.23. The number of rotatable bonds is 5. The van der Waals surface area contributed by atoms with E-state index in [-0.39, 0.29) is 10.6 Å². The van der Waals surface area contributed by atoms with E-state index in [1.54, 1.807) is 12.3 Å². The monoisotopic (exact) mass is 306 g/mol. The molecule has 0 fully saturated rings. The van der Waals surface area contributed by atoms with E-state index < -0.39 is 10.0 Å². The van der Waals surface area contributed by atoms with Gasteiger partial charge in [0.1, 0.15) is 0 Å². The fraction of sp³-hybridized carbons (Fsp3) is 0.154. The van der Waals surface area contributed by atoms with Crippen LogP contribution in [0.3, 0.4) is 0 Å². The highest BCUT2D eigenvalue weighted by Gasteiger charge is 2.14. The predicted octanol–water partition coefficient (Wildman–Crippen LogP) is 0.705. The second-order valence-electron chi connectivity index (χ2n) is 4.65. The highest BCUT2D eigenvalue weighted by atomic mass is 32.2. The lowest BCUT2D eigenvalue weighted by atomic mass is 10.2. The zero-order chi connectivity index (χ0) is 14.9. The zero-order valence-electron chi connectivity index (χ0n) is 11.0. The fourth-order valence-electron chi connectivity index (χ4n) is 2.11. The maximum atomic E-state index is 12.2. The third kappa shape index (κ3) is 2.91. The first-order valence-corrected chi connectivity index (χ1v) is 7.86. The van der Waals surface area contributed by atoms with E-state index in [0.717, 1.165) is 5.56 Å². The van der Waals surface area contributed by atoms with Gasteiger partial charge in [0.25, 0.3) is 0 Å². The topological polar surface area (TPSA) is 111 Å². The molecule has 0 saturated heterocycles. The lowest BCUT2D eigenvalue weighted by Gasteiger charge is -2.06. The molecule has 0 unspecified atom stereocenters. The molecule has 3 aromatic rings. The maximum Gasteiger partial charge on any atom is 0.323 e. The molecule has 110 valence electrons. The summed E-state index contributed by atoms with van der Waals surface area (Å²) < 4.78 is 26.9. The Hall–Kier alpha value is -2.32. The van der Waals surface area contributed by atoms with Crippen LogP contribution in [0, 0.1) is 0 Å². The van der Waals surface area contributed by atoms with Crippen LogP contribution in [0.5, 0.6) is 0 Å². The number of imidazole rings is 1. The molecule has 0 atom stereocenters. The number of nitrogens with one attached hydrogen (secondary N) is 4. The second-order valence-corrected chi connectivity index (χ2v) is 6.42. The number of H-pyrrole nitrogens is 3. The largest absolute Gasteiger partial charge is 0.367 e. The number of aromatic amines is 3. The summed E-state index contributed by atoms with van der Waals surface area (Å²) in [5.41, 5.74) is 1.71. The van der Waals surface area contributed by atoms with E-state index >= 15 is 0 Å². The summed E-state index contributed by atoms with van der Waals surface area (Å²) in [5.74, 6) is 0. The Morgan fingerprint density at radius 3 is 2.67 bits per heavy atom. The summed E-state index contributed by atoms with van der Waals surface area (Å²) in [5, 5.41) is 0. The summed E-state index contributed by atoms with van der Waals surface area (Å²) in [6.07, 6.45) is 4.22. The molecule has 0 amide bonds. The molecular formula is C13H14N4O3S. The van der Waals surface area contributed by atoms with Crippen LogP contribution in [-0.4, -0.2) is 29.9 Å². The van der Waals surface area contributed by atoms with Gasteiger partial charge in [0.15, 0.2) is 0 Å². The van der Waals surface area contributed by atoms with Gasteiger partial charge in [-0.25, -0.2) is 17.9 Å². The minimum absolute atomic E-state index is 0.124. The fourth-order valence-corrected chi connectivity index (χ4v) is 3.16. The molecule has 0 saturated carbocycles. The van der Waals surface area contributed by atoms with E-state index in [1.165, 1.54) is 12.1 Å². The minimum Gasteiger partial charge on any atom is -0.367 e. The molecule has 2 heterocycles. The van der Waals surface area contributed by atoms with Crippen molar-refractivity contribution >= 4 is 21.1 Å². The third-order valence-corrected chi connectivity index (χ3v) is 4.62. The molecule has 0 aliphatic heterocycles. The van der Waals surface area contributed by atoms with Crippen molar-refractivity contribution in [3.05, 3.63) is 52.7 Å². The van der Waals surface area contributed by atoms with Crippen molar-refractivity contribution in [2.45, 2.75) is 11.3 Å². The van der Waals surface area contributed by atoms with Crippen molar-refractivity contribution in [3.8, 4) is 0 Å². The van der Waals surface area contributed by atoms with Gasteiger partial charge >= 0.3 is 5.69 Å². The first kappa shape index (κ1) is 13.7. The number of sulfonamides is 1. The van der Waals surface area contributed by atoms with Crippen LogP contribution in [-0.2, 0) is 16.4 Å². The van der Waals surface area contributed by atoms with Gasteiger partial charge in [0.05, 0.1) is 15.9 Å². The Balaban J connectivity index is 1.77. The summed E-state index contributed by atoms with van der Waals surface area (Å²) in [7, 11) is -3.59. The minimum atomic E-state index is -3.59. The normalized spacial score (nSPS) is 12.0. The molecule has 1 aromatic carbocycles. The number of hydrogen-bond donors (Lipinski definition) is 4. The molecule has 8 heteroatoms.